The van der Waals surface area contributed by atoms with Gasteiger partial charge in [-0.1, -0.05) is 35.9 Å². The number of carbonyl (C=O) groups excluding carboxylic acids is 1. The molecule has 3 aromatic rings. The molecular formula is C37H41ClF2N4O3. The molecule has 3 aliphatic heterocycles. The van der Waals surface area contributed by atoms with Crippen molar-refractivity contribution >= 4 is 28.8 Å². The summed E-state index contributed by atoms with van der Waals surface area (Å²) < 4.78 is 39.2. The molecular weight excluding hydrogens is 622 g/mol. The molecule has 2 saturated heterocycles. The van der Waals surface area contributed by atoms with Crippen molar-refractivity contribution in [1.29, 1.82) is 0 Å². The maximum absolute atomic E-state index is 14.6. The summed E-state index contributed by atoms with van der Waals surface area (Å²) in [7, 11) is 1.68. The van der Waals surface area contributed by atoms with Gasteiger partial charge in [0.1, 0.15) is 16.6 Å². The van der Waals surface area contributed by atoms with Crippen LogP contribution in [0.25, 0.3) is 5.57 Å². The van der Waals surface area contributed by atoms with Crippen molar-refractivity contribution < 1.29 is 23.0 Å². The van der Waals surface area contributed by atoms with Crippen LogP contribution in [0.3, 0.4) is 0 Å². The molecule has 3 atom stereocenters. The van der Waals surface area contributed by atoms with Gasteiger partial charge in [0.15, 0.2) is 11.6 Å². The number of nitrogens with zero attached hydrogens (tertiary/aromatic N) is 2. The van der Waals surface area contributed by atoms with E-state index in [1.807, 2.05) is 12.1 Å². The molecule has 0 aromatic heterocycles. The molecule has 4 aliphatic rings. The minimum absolute atomic E-state index is 0.0481. The van der Waals surface area contributed by atoms with Crippen LogP contribution in [0, 0.1) is 24.5 Å². The molecule has 3 aromatic carbocycles. The smallest absolute Gasteiger partial charge is 0.252 e. The fraction of sp³-hybridized carbons (Fsp3) is 0.432. The number of hydrogen-bond donors (Lipinski definition) is 2. The first-order valence-corrected chi connectivity index (χ1v) is 16.9. The lowest BCUT2D eigenvalue weighted by molar-refractivity contribution is -0.128. The van der Waals surface area contributed by atoms with Crippen LogP contribution in [0.15, 0.2) is 60.2 Å². The van der Waals surface area contributed by atoms with Crippen molar-refractivity contribution in [3.8, 4) is 11.5 Å². The highest BCUT2D eigenvalue weighted by Gasteiger charge is 2.41. The van der Waals surface area contributed by atoms with Crippen molar-refractivity contribution in [1.82, 2.24) is 15.5 Å². The molecule has 2 N–H and O–H groups in total. The zero-order chi connectivity index (χ0) is 32.7. The zero-order valence-corrected chi connectivity index (χ0v) is 27.6. The van der Waals surface area contributed by atoms with Crippen LogP contribution in [-0.2, 0) is 11.3 Å². The number of anilines is 1. The standard InChI is InChI=1S/C37H41ClF2N4O3/c1-22-25(4-3-5-33(22)46-2)20-44(28-10-11-28)37(45)34-29(16-26-17-41-18-32(34)42-26)24-6-8-27(9-7-24)43-15-14-23(19-43)21-47-36-31(40)13-12-30(39)35(36)38/h3-9,12-13,23,26,28,32,41-42H,10-11,14-21H2,1-2H3/t23-,26-,32-/m1/s1. The van der Waals surface area contributed by atoms with Gasteiger partial charge in [0.2, 0.25) is 0 Å². The molecule has 1 amide bonds. The summed E-state index contributed by atoms with van der Waals surface area (Å²) in [4.78, 5) is 18.9. The molecule has 0 spiro atoms. The van der Waals surface area contributed by atoms with Crippen molar-refractivity contribution in [2.45, 2.75) is 57.3 Å². The Kier molecular flexibility index (Phi) is 9.13. The minimum Gasteiger partial charge on any atom is -0.496 e. The second kappa shape index (κ2) is 13.5. The van der Waals surface area contributed by atoms with Crippen molar-refractivity contribution in [2.24, 2.45) is 5.92 Å². The van der Waals surface area contributed by atoms with Crippen LogP contribution in [0.2, 0.25) is 5.02 Å². The average molecular weight is 663 g/mol. The van der Waals surface area contributed by atoms with E-state index in [2.05, 4.69) is 57.7 Å². The Morgan fingerprint density at radius 2 is 1.83 bits per heavy atom. The summed E-state index contributed by atoms with van der Waals surface area (Å²) >= 11 is 5.95. The summed E-state index contributed by atoms with van der Waals surface area (Å²) in [6, 6.07) is 17.1. The number of hydrogen-bond acceptors (Lipinski definition) is 6. The van der Waals surface area contributed by atoms with Crippen molar-refractivity contribution in [2.75, 3.05) is 44.8 Å². The third kappa shape index (κ3) is 6.58. The Bertz CT molecular complexity index is 1680. The summed E-state index contributed by atoms with van der Waals surface area (Å²) in [6.45, 7) is 6.03. The maximum Gasteiger partial charge on any atom is 0.252 e. The number of amides is 1. The number of rotatable bonds is 10. The van der Waals surface area contributed by atoms with Gasteiger partial charge in [0.25, 0.3) is 5.91 Å². The molecule has 2 bridgehead atoms. The maximum atomic E-state index is 14.6. The molecule has 7 rings (SSSR count). The van der Waals surface area contributed by atoms with Crippen molar-refractivity contribution in [3.05, 3.63) is 93.5 Å². The fourth-order valence-electron chi connectivity index (χ4n) is 7.30. The van der Waals surface area contributed by atoms with E-state index in [0.717, 1.165) is 103 Å². The first-order valence-electron chi connectivity index (χ1n) is 16.6. The van der Waals surface area contributed by atoms with Gasteiger partial charge in [-0.3, -0.25) is 4.79 Å². The highest BCUT2D eigenvalue weighted by molar-refractivity contribution is 6.32. The molecule has 1 saturated carbocycles. The van der Waals surface area contributed by atoms with Crippen LogP contribution in [0.5, 0.6) is 11.5 Å². The predicted octanol–water partition coefficient (Wildman–Crippen LogP) is 6.12. The van der Waals surface area contributed by atoms with E-state index >= 15 is 0 Å². The Morgan fingerprint density at radius 3 is 2.60 bits per heavy atom. The Balaban J connectivity index is 1.10. The largest absolute Gasteiger partial charge is 0.496 e. The number of halogens is 3. The van der Waals surface area contributed by atoms with Crippen LogP contribution < -0.4 is 25.0 Å². The first kappa shape index (κ1) is 31.9. The molecule has 47 heavy (non-hydrogen) atoms. The normalized spacial score (nSPS) is 22.4. The number of ether oxygens (including phenoxy) is 2. The van der Waals surface area contributed by atoms with E-state index in [4.69, 9.17) is 21.1 Å². The second-order valence-electron chi connectivity index (χ2n) is 13.2. The lowest BCUT2D eigenvalue weighted by atomic mass is 9.83. The monoisotopic (exact) mass is 662 g/mol. The Hall–Kier alpha value is -3.66. The summed E-state index contributed by atoms with van der Waals surface area (Å²) in [5, 5.41) is 6.94. The highest BCUT2D eigenvalue weighted by Crippen LogP contribution is 2.38. The highest BCUT2D eigenvalue weighted by atomic mass is 35.5. The van der Waals surface area contributed by atoms with E-state index in [1.54, 1.807) is 7.11 Å². The van der Waals surface area contributed by atoms with Crippen LogP contribution >= 0.6 is 11.6 Å². The summed E-state index contributed by atoms with van der Waals surface area (Å²) in [6.07, 6.45) is 3.70. The number of nitrogens with one attached hydrogen (secondary N) is 2. The molecule has 3 heterocycles. The molecule has 7 nitrogen and oxygen atoms in total. The number of piperazine rings is 1. The number of benzene rings is 3. The van der Waals surface area contributed by atoms with Gasteiger partial charge in [-0.05, 0) is 85.2 Å². The molecule has 3 fully saturated rings. The van der Waals surface area contributed by atoms with Gasteiger partial charge in [0, 0.05) is 62.0 Å². The average Bonchev–Trinajstić information content (AvgIpc) is 3.82. The zero-order valence-electron chi connectivity index (χ0n) is 26.8. The van der Waals surface area contributed by atoms with Gasteiger partial charge >= 0.3 is 0 Å². The van der Waals surface area contributed by atoms with Gasteiger partial charge in [-0.15, -0.1) is 0 Å². The first-order chi connectivity index (χ1) is 22.8. The second-order valence-corrected chi connectivity index (χ2v) is 13.6. The number of methoxy groups -OCH3 is 1. The van der Waals surface area contributed by atoms with Crippen molar-refractivity contribution in [3.63, 3.8) is 0 Å². The number of fused-ring (bicyclic) bond motifs is 2. The van der Waals surface area contributed by atoms with E-state index in [9.17, 15) is 13.6 Å². The van der Waals surface area contributed by atoms with Gasteiger partial charge in [-0.2, -0.15) is 0 Å². The lowest BCUT2D eigenvalue weighted by Gasteiger charge is -2.41. The molecule has 248 valence electrons. The minimum atomic E-state index is -0.697. The summed E-state index contributed by atoms with van der Waals surface area (Å²) in [5.74, 6) is -0.483. The summed E-state index contributed by atoms with van der Waals surface area (Å²) in [5.41, 5.74) is 6.35. The van der Waals surface area contributed by atoms with E-state index < -0.39 is 11.6 Å². The molecule has 0 radical (unpaired) electrons. The Morgan fingerprint density at radius 1 is 1.04 bits per heavy atom. The topological polar surface area (TPSA) is 66.1 Å². The van der Waals surface area contributed by atoms with E-state index in [-0.39, 0.29) is 47.3 Å². The fourth-order valence-corrected chi connectivity index (χ4v) is 7.51. The molecule has 0 unspecified atom stereocenters. The Labute approximate surface area is 279 Å². The van der Waals surface area contributed by atoms with E-state index in [0.29, 0.717) is 6.54 Å². The van der Waals surface area contributed by atoms with Gasteiger partial charge in [0.05, 0.1) is 19.8 Å². The molecule has 10 heteroatoms. The van der Waals surface area contributed by atoms with Crippen LogP contribution in [-0.4, -0.2) is 68.8 Å². The molecule has 1 aliphatic carbocycles. The quantitative estimate of drug-likeness (QED) is 0.255. The predicted molar refractivity (Wildman–Crippen MR) is 180 cm³/mol. The van der Waals surface area contributed by atoms with Gasteiger partial charge < -0.3 is 29.9 Å². The third-order valence-electron chi connectivity index (χ3n) is 10.1. The van der Waals surface area contributed by atoms with Crippen LogP contribution in [0.4, 0.5) is 14.5 Å². The SMILES string of the molecule is COc1cccc(CN(C(=O)C2=C(c3ccc(N4CC[C@@H](COc5c(F)ccc(F)c5Cl)C4)cc3)C[C@@H]3CNC[C@H]2N3)C2CC2)c1C. The van der Waals surface area contributed by atoms with Gasteiger partial charge in [-0.25, -0.2) is 8.78 Å². The lowest BCUT2D eigenvalue weighted by Crippen LogP contribution is -2.60. The van der Waals surface area contributed by atoms with E-state index in [1.165, 1.54) is 0 Å². The van der Waals surface area contributed by atoms with Crippen LogP contribution in [0.1, 0.15) is 42.4 Å². The third-order valence-corrected chi connectivity index (χ3v) is 10.4. The number of carbonyl (C=O) groups is 1.